The van der Waals surface area contributed by atoms with E-state index in [2.05, 4.69) is 0 Å². The molecule has 0 aliphatic rings. The zero-order valence-corrected chi connectivity index (χ0v) is 16.7. The molecule has 7 heteroatoms. The third-order valence-corrected chi connectivity index (χ3v) is 2.64. The molecule has 3 radical (unpaired) electrons. The number of rotatable bonds is 7. The smallest absolute Gasteiger partial charge is 1.00 e. The van der Waals surface area contributed by atoms with Crippen molar-refractivity contribution in [1.82, 2.24) is 0 Å². The van der Waals surface area contributed by atoms with E-state index in [9.17, 15) is 9.59 Å². The zero-order chi connectivity index (χ0) is 14.7. The van der Waals surface area contributed by atoms with Crippen molar-refractivity contribution < 1.29 is 65.1 Å². The van der Waals surface area contributed by atoms with Gasteiger partial charge in [0.1, 0.15) is 0 Å². The van der Waals surface area contributed by atoms with Gasteiger partial charge in [-0.2, -0.15) is 0 Å². The van der Waals surface area contributed by atoms with Crippen LogP contribution in [0.5, 0.6) is 0 Å². The van der Waals surface area contributed by atoms with Gasteiger partial charge in [0, 0.05) is 8.35 Å². The summed E-state index contributed by atoms with van der Waals surface area (Å²) in [5.41, 5.74) is -1.43. The molecule has 0 rings (SSSR count). The monoisotopic (exact) mass is 527 g/mol. The summed E-state index contributed by atoms with van der Waals surface area (Å²) in [6.45, 7) is 8.87. The molecule has 0 fully saturated rings. The molecular weight excluding hydrogens is 505 g/mol. The van der Waals surface area contributed by atoms with E-state index >= 15 is 0 Å². The Hall–Kier alpha value is -0.624. The van der Waals surface area contributed by atoms with E-state index in [0.29, 0.717) is 0 Å². The molecule has 0 unspecified atom stereocenters. The van der Waals surface area contributed by atoms with Crippen molar-refractivity contribution in [3.05, 3.63) is 43.4 Å². The fraction of sp³-hybridized carbons (Fsp3) is 0.400. The van der Waals surface area contributed by atoms with E-state index in [-0.39, 0.29) is 58.9 Å². The Morgan fingerprint density at radius 3 is 1.86 bits per heavy atom. The molecule has 0 atom stereocenters. The Labute approximate surface area is 159 Å². The summed E-state index contributed by atoms with van der Waals surface area (Å²) in [6.07, 6.45) is 9.75. The number of carbonyl (C=O) groups is 2. The fourth-order valence-corrected chi connectivity index (χ4v) is 1.61. The molecule has 0 N–H and O–H groups in total. The molecule has 0 heterocycles. The first-order chi connectivity index (χ1) is 9.08. The minimum Gasteiger partial charge on any atom is -1.00 e. The average Bonchev–Trinajstić information content (AvgIpc) is 2.45. The van der Waals surface area contributed by atoms with Crippen LogP contribution in [0.15, 0.2) is 36.5 Å². The van der Waals surface area contributed by atoms with E-state index in [1.807, 2.05) is 13.0 Å². The Kier molecular flexibility index (Phi) is 22.4. The van der Waals surface area contributed by atoms with Gasteiger partial charge in [-0.15, -0.1) is 0 Å². The van der Waals surface area contributed by atoms with Gasteiger partial charge in [0.2, 0.25) is 0 Å². The SMILES string of the molecule is [C]/C=C/CC(C/C=C/C=C/C)(C(=O)OC)C(=O)OC.[Cl-].[Cl-].[HH].[Os+2]. The van der Waals surface area contributed by atoms with Crippen LogP contribution in [0.4, 0.5) is 0 Å². The largest absolute Gasteiger partial charge is 2.00 e. The maximum atomic E-state index is 11.9. The van der Waals surface area contributed by atoms with Crippen molar-refractivity contribution in [2.45, 2.75) is 19.8 Å². The van der Waals surface area contributed by atoms with E-state index < -0.39 is 17.4 Å². The average molecular weight is 526 g/mol. The van der Waals surface area contributed by atoms with Crippen molar-refractivity contribution >= 4 is 11.9 Å². The van der Waals surface area contributed by atoms with Gasteiger partial charge in [0.15, 0.2) is 5.41 Å². The van der Waals surface area contributed by atoms with E-state index in [0.717, 1.165) is 6.08 Å². The Morgan fingerprint density at radius 1 is 1.05 bits per heavy atom. The molecule has 0 saturated carbocycles. The van der Waals surface area contributed by atoms with Crippen LogP contribution in [0.1, 0.15) is 21.2 Å². The molecule has 127 valence electrons. The Balaban J connectivity index is -0.000000270. The second-order valence-electron chi connectivity index (χ2n) is 3.83. The number of hydrogen-bond donors (Lipinski definition) is 0. The number of methoxy groups -OCH3 is 2. The van der Waals surface area contributed by atoms with Gasteiger partial charge >= 0.3 is 31.7 Å². The van der Waals surface area contributed by atoms with Crippen LogP contribution in [-0.4, -0.2) is 26.2 Å². The number of ether oxygens (including phenoxy) is 2. The number of esters is 2. The summed E-state index contributed by atoms with van der Waals surface area (Å²) in [5.74, 6) is -1.33. The predicted octanol–water partition coefficient (Wildman–Crippen LogP) is -3.37. The molecule has 0 saturated heterocycles. The van der Waals surface area contributed by atoms with Crippen molar-refractivity contribution in [3.8, 4) is 0 Å². The van der Waals surface area contributed by atoms with Gasteiger partial charge in [-0.25, -0.2) is 0 Å². The molecular formula is C15H21Cl2O4Os. The third-order valence-electron chi connectivity index (χ3n) is 2.64. The van der Waals surface area contributed by atoms with Crippen molar-refractivity contribution in [2.75, 3.05) is 14.2 Å². The first kappa shape index (κ1) is 29.4. The second-order valence-corrected chi connectivity index (χ2v) is 3.83. The first-order valence-corrected chi connectivity index (χ1v) is 5.86. The van der Waals surface area contributed by atoms with Crippen LogP contribution in [0.25, 0.3) is 0 Å². The molecule has 0 spiro atoms. The summed E-state index contributed by atoms with van der Waals surface area (Å²) in [7, 11) is 2.44. The number of carbonyl (C=O) groups excluding carboxylic acids is 2. The van der Waals surface area contributed by atoms with Crippen LogP contribution in [-0.2, 0) is 38.9 Å². The topological polar surface area (TPSA) is 52.6 Å². The van der Waals surface area contributed by atoms with Gasteiger partial charge in [-0.1, -0.05) is 36.5 Å². The Bertz CT molecular complexity index is 383. The molecule has 0 bridgehead atoms. The van der Waals surface area contributed by atoms with E-state index in [1.54, 1.807) is 18.2 Å². The van der Waals surface area contributed by atoms with Crippen molar-refractivity contribution in [1.29, 1.82) is 0 Å². The molecule has 4 nitrogen and oxygen atoms in total. The van der Waals surface area contributed by atoms with Crippen LogP contribution in [0.3, 0.4) is 0 Å². The second kappa shape index (κ2) is 16.7. The minimum absolute atomic E-state index is 0. The summed E-state index contributed by atoms with van der Waals surface area (Å²) in [5, 5.41) is 0. The van der Waals surface area contributed by atoms with Crippen molar-refractivity contribution in [3.63, 3.8) is 0 Å². The number of allylic oxidation sites excluding steroid dienone is 6. The summed E-state index contributed by atoms with van der Waals surface area (Å²) >= 11 is 0. The minimum atomic E-state index is -1.43. The van der Waals surface area contributed by atoms with Gasteiger partial charge < -0.3 is 34.3 Å². The Morgan fingerprint density at radius 2 is 1.50 bits per heavy atom. The van der Waals surface area contributed by atoms with Gasteiger partial charge in [0.25, 0.3) is 0 Å². The van der Waals surface area contributed by atoms with Gasteiger partial charge in [0.05, 0.1) is 14.2 Å². The summed E-state index contributed by atoms with van der Waals surface area (Å²) in [6, 6.07) is 0. The van der Waals surface area contributed by atoms with Gasteiger partial charge in [-0.05, 0) is 19.8 Å². The van der Waals surface area contributed by atoms with E-state index in [1.165, 1.54) is 20.3 Å². The standard InChI is InChI=1S/C15H19O4.2ClH.Os.H2/c1-5-7-9-10-12-15(11-8-6-2,13(16)18-3)14(17)19-4;;;;/h5-10H,11-12H2,1,3-4H3;2*1H;;1H/q;;;+2;/p-2/b7-5+,8-6+,10-9+;;;;. The van der Waals surface area contributed by atoms with Crippen molar-refractivity contribution in [2.24, 2.45) is 5.41 Å². The fourth-order valence-electron chi connectivity index (χ4n) is 1.61. The molecule has 0 amide bonds. The van der Waals surface area contributed by atoms with Crippen LogP contribution in [0.2, 0.25) is 0 Å². The number of hydrogen-bond acceptors (Lipinski definition) is 4. The third kappa shape index (κ3) is 8.73. The quantitative estimate of drug-likeness (QED) is 0.198. The molecule has 0 aromatic carbocycles. The summed E-state index contributed by atoms with van der Waals surface area (Å²) in [4.78, 5) is 23.9. The van der Waals surface area contributed by atoms with Crippen LogP contribution < -0.4 is 24.8 Å². The molecule has 0 aromatic heterocycles. The normalized spacial score (nSPS) is 10.7. The zero-order valence-electron chi connectivity index (χ0n) is 12.6. The van der Waals surface area contributed by atoms with E-state index in [4.69, 9.17) is 16.4 Å². The number of halogens is 2. The first-order valence-electron chi connectivity index (χ1n) is 5.86. The molecule has 0 aliphatic carbocycles. The summed E-state index contributed by atoms with van der Waals surface area (Å²) < 4.78 is 9.41. The maximum Gasteiger partial charge on any atom is 2.00 e. The molecule has 22 heavy (non-hydrogen) atoms. The maximum absolute atomic E-state index is 11.9. The van der Waals surface area contributed by atoms with Gasteiger partial charge in [-0.3, -0.25) is 9.59 Å². The van der Waals surface area contributed by atoms with Crippen LogP contribution >= 0.6 is 0 Å². The molecule has 0 aliphatic heterocycles. The molecule has 0 aromatic rings. The predicted molar refractivity (Wildman–Crippen MR) is 74.2 cm³/mol. The van der Waals surface area contributed by atoms with Crippen LogP contribution in [0, 0.1) is 12.3 Å².